The number of nitrogens with zero attached hydrogens (tertiary/aromatic N) is 2. The van der Waals surface area contributed by atoms with E-state index < -0.39 is 0 Å². The maximum Gasteiger partial charge on any atom is 0.222 e. The van der Waals surface area contributed by atoms with Gasteiger partial charge in [0.2, 0.25) is 5.91 Å². The molecule has 2 unspecified atom stereocenters. The van der Waals surface area contributed by atoms with Gasteiger partial charge in [-0.15, -0.1) is 0 Å². The van der Waals surface area contributed by atoms with Crippen LogP contribution in [-0.4, -0.2) is 52.8 Å². The Morgan fingerprint density at radius 1 is 1.24 bits per heavy atom. The number of ether oxygens (including phenoxy) is 1. The Morgan fingerprint density at radius 3 is 2.80 bits per heavy atom. The maximum absolute atomic E-state index is 12.3. The van der Waals surface area contributed by atoms with Crippen molar-refractivity contribution in [2.45, 2.75) is 37.9 Å². The van der Waals surface area contributed by atoms with Crippen molar-refractivity contribution in [1.82, 2.24) is 20.4 Å². The highest BCUT2D eigenvalue weighted by molar-refractivity contribution is 5.78. The maximum atomic E-state index is 12.3. The normalized spacial score (nSPS) is 27.9. The summed E-state index contributed by atoms with van der Waals surface area (Å²) in [5, 5.41) is 10.1. The Labute approximate surface area is 147 Å². The second-order valence-electron chi connectivity index (χ2n) is 6.97. The highest BCUT2D eigenvalue weighted by Gasteiger charge is 2.34. The third-order valence-electron chi connectivity index (χ3n) is 5.28. The van der Waals surface area contributed by atoms with Gasteiger partial charge in [0.25, 0.3) is 0 Å². The molecule has 6 heteroatoms. The van der Waals surface area contributed by atoms with Crippen LogP contribution in [0.4, 0.5) is 0 Å². The number of hydrogen-bond donors (Lipinski definition) is 2. The number of benzene rings is 1. The van der Waals surface area contributed by atoms with Crippen molar-refractivity contribution in [2.24, 2.45) is 0 Å². The van der Waals surface area contributed by atoms with Gasteiger partial charge >= 0.3 is 0 Å². The zero-order chi connectivity index (χ0) is 17.2. The summed E-state index contributed by atoms with van der Waals surface area (Å²) in [5.41, 5.74) is 3.25. The molecule has 6 nitrogen and oxygen atoms in total. The van der Waals surface area contributed by atoms with Crippen molar-refractivity contribution in [3.8, 4) is 11.3 Å². The number of hydrogen-bond acceptors (Lipinski definition) is 4. The second kappa shape index (κ2) is 6.98. The number of aromatic nitrogens is 2. The molecule has 2 fully saturated rings. The molecule has 2 aliphatic rings. The van der Waals surface area contributed by atoms with Crippen LogP contribution < -0.4 is 5.32 Å². The number of carbonyl (C=O) groups excluding carboxylic acids is 1. The first kappa shape index (κ1) is 16.3. The van der Waals surface area contributed by atoms with Crippen molar-refractivity contribution in [2.75, 3.05) is 19.8 Å². The minimum Gasteiger partial charge on any atom is -0.379 e. The summed E-state index contributed by atoms with van der Waals surface area (Å²) in [6.45, 7) is 4.60. The molecule has 2 aromatic rings. The number of carbonyl (C=O) groups is 1. The molecule has 1 amide bonds. The summed E-state index contributed by atoms with van der Waals surface area (Å²) in [4.78, 5) is 14.7. The van der Waals surface area contributed by atoms with Crippen LogP contribution in [-0.2, 0) is 9.53 Å². The lowest BCUT2D eigenvalue weighted by Crippen LogP contribution is -2.54. The standard InChI is InChI=1S/C19H24N4O2/c1-13-12-25-9-8-23(13)16-10-18(21-19(24)11-16)15-4-2-14(3-5-15)17-6-7-20-22-17/h2-7,13,16,18H,8-12H2,1H3,(H,20,22)(H,21,24)/t13-,16?,18?/m1/s1. The minimum absolute atomic E-state index is 0.0668. The fourth-order valence-electron chi connectivity index (χ4n) is 3.95. The lowest BCUT2D eigenvalue weighted by atomic mass is 9.91. The Balaban J connectivity index is 1.50. The smallest absolute Gasteiger partial charge is 0.222 e. The van der Waals surface area contributed by atoms with E-state index in [1.807, 2.05) is 6.07 Å². The fraction of sp³-hybridized carbons (Fsp3) is 0.474. The van der Waals surface area contributed by atoms with Crippen molar-refractivity contribution in [1.29, 1.82) is 0 Å². The van der Waals surface area contributed by atoms with Crippen LogP contribution >= 0.6 is 0 Å². The van der Waals surface area contributed by atoms with Gasteiger partial charge in [0, 0.05) is 31.2 Å². The lowest BCUT2D eigenvalue weighted by molar-refractivity contribution is -0.127. The van der Waals surface area contributed by atoms with Crippen LogP contribution in [0, 0.1) is 0 Å². The van der Waals surface area contributed by atoms with Crippen molar-refractivity contribution in [3.05, 3.63) is 42.1 Å². The Bertz CT molecular complexity index is 714. The number of amides is 1. The van der Waals surface area contributed by atoms with Gasteiger partial charge in [-0.3, -0.25) is 14.8 Å². The van der Waals surface area contributed by atoms with Crippen molar-refractivity contribution in [3.63, 3.8) is 0 Å². The zero-order valence-electron chi connectivity index (χ0n) is 14.4. The van der Waals surface area contributed by atoms with Crippen molar-refractivity contribution < 1.29 is 9.53 Å². The number of rotatable bonds is 3. The molecule has 25 heavy (non-hydrogen) atoms. The molecule has 0 aliphatic carbocycles. The van der Waals surface area contributed by atoms with Crippen LogP contribution in [0.2, 0.25) is 0 Å². The van der Waals surface area contributed by atoms with Gasteiger partial charge in [0.15, 0.2) is 0 Å². The van der Waals surface area contributed by atoms with Crippen molar-refractivity contribution >= 4 is 5.91 Å². The number of morpholine rings is 1. The van der Waals surface area contributed by atoms with Crippen LogP contribution in [0.3, 0.4) is 0 Å². The van der Waals surface area contributed by atoms with Crippen LogP contribution in [0.5, 0.6) is 0 Å². The van der Waals surface area contributed by atoms with Crippen LogP contribution in [0.1, 0.15) is 31.4 Å². The van der Waals surface area contributed by atoms with E-state index in [1.54, 1.807) is 6.20 Å². The molecule has 1 aromatic carbocycles. The molecule has 132 valence electrons. The Kier molecular flexibility index (Phi) is 4.55. The molecule has 0 bridgehead atoms. The molecular weight excluding hydrogens is 316 g/mol. The SMILES string of the molecule is C[C@@H]1COCCN1C1CC(=O)NC(c2ccc(-c3ccn[nH]3)cc2)C1. The molecule has 1 aromatic heterocycles. The summed E-state index contributed by atoms with van der Waals surface area (Å²) in [5.74, 6) is 0.137. The molecule has 3 heterocycles. The molecule has 4 rings (SSSR count). The summed E-state index contributed by atoms with van der Waals surface area (Å²) in [6.07, 6.45) is 3.27. The first-order valence-corrected chi connectivity index (χ1v) is 8.93. The van der Waals surface area contributed by atoms with Gasteiger partial charge in [-0.05, 0) is 30.5 Å². The number of nitrogens with one attached hydrogen (secondary N) is 2. The van der Waals surface area contributed by atoms with Gasteiger partial charge < -0.3 is 10.1 Å². The van der Waals surface area contributed by atoms with E-state index >= 15 is 0 Å². The van der Waals surface area contributed by atoms with E-state index in [1.165, 1.54) is 0 Å². The summed E-state index contributed by atoms with van der Waals surface area (Å²) in [7, 11) is 0. The Morgan fingerprint density at radius 2 is 2.08 bits per heavy atom. The van der Waals surface area contributed by atoms with Crippen LogP contribution in [0.15, 0.2) is 36.5 Å². The molecule has 0 spiro atoms. The van der Waals surface area contributed by atoms with E-state index in [2.05, 4.69) is 51.6 Å². The second-order valence-corrected chi connectivity index (χ2v) is 6.97. The highest BCUT2D eigenvalue weighted by atomic mass is 16.5. The highest BCUT2D eigenvalue weighted by Crippen LogP contribution is 2.30. The molecule has 2 aliphatic heterocycles. The monoisotopic (exact) mass is 340 g/mol. The van der Waals surface area contributed by atoms with E-state index in [0.29, 0.717) is 12.5 Å². The average molecular weight is 340 g/mol. The van der Waals surface area contributed by atoms with E-state index in [0.717, 1.165) is 43.0 Å². The summed E-state index contributed by atoms with van der Waals surface area (Å²) < 4.78 is 5.54. The van der Waals surface area contributed by atoms with Gasteiger partial charge in [-0.2, -0.15) is 5.10 Å². The summed E-state index contributed by atoms with van der Waals surface area (Å²) in [6, 6.07) is 11.0. The van der Waals surface area contributed by atoms with E-state index in [9.17, 15) is 4.79 Å². The average Bonchev–Trinajstić information content (AvgIpc) is 3.16. The third kappa shape index (κ3) is 3.45. The number of aromatic amines is 1. The fourth-order valence-corrected chi connectivity index (χ4v) is 3.95. The molecule has 0 saturated carbocycles. The molecular formula is C19H24N4O2. The Hall–Kier alpha value is -2.18. The summed E-state index contributed by atoms with van der Waals surface area (Å²) >= 11 is 0. The molecule has 2 N–H and O–H groups in total. The van der Waals surface area contributed by atoms with Gasteiger partial charge in [-0.25, -0.2) is 0 Å². The molecule has 0 radical (unpaired) electrons. The van der Waals surface area contributed by atoms with Gasteiger partial charge in [-0.1, -0.05) is 24.3 Å². The lowest BCUT2D eigenvalue weighted by Gasteiger charge is -2.42. The predicted octanol–water partition coefficient (Wildman–Crippen LogP) is 2.12. The molecule has 3 atom stereocenters. The third-order valence-corrected chi connectivity index (χ3v) is 5.28. The quantitative estimate of drug-likeness (QED) is 0.898. The first-order chi connectivity index (χ1) is 12.2. The minimum atomic E-state index is 0.0668. The number of H-pyrrole nitrogens is 1. The van der Waals surface area contributed by atoms with E-state index in [-0.39, 0.29) is 18.0 Å². The topological polar surface area (TPSA) is 70.2 Å². The first-order valence-electron chi connectivity index (χ1n) is 8.93. The zero-order valence-corrected chi connectivity index (χ0v) is 14.4. The van der Waals surface area contributed by atoms with Gasteiger partial charge in [0.1, 0.15) is 0 Å². The van der Waals surface area contributed by atoms with E-state index in [4.69, 9.17) is 4.74 Å². The largest absolute Gasteiger partial charge is 0.379 e. The number of piperidine rings is 1. The van der Waals surface area contributed by atoms with Gasteiger partial charge in [0.05, 0.1) is 24.9 Å². The molecule has 2 saturated heterocycles. The van der Waals surface area contributed by atoms with Crippen LogP contribution in [0.25, 0.3) is 11.3 Å². The predicted molar refractivity (Wildman–Crippen MR) is 94.9 cm³/mol.